The lowest BCUT2D eigenvalue weighted by Crippen LogP contribution is -2.03. The highest BCUT2D eigenvalue weighted by molar-refractivity contribution is 5.76. The van der Waals surface area contributed by atoms with Crippen molar-refractivity contribution in [2.24, 2.45) is 0 Å². The molecule has 0 spiro atoms. The molecule has 0 atom stereocenters. The number of nitrogens with zero attached hydrogens (tertiary/aromatic N) is 4. The van der Waals surface area contributed by atoms with Crippen molar-refractivity contribution in [3.63, 3.8) is 0 Å². The molecule has 0 N–H and O–H groups in total. The van der Waals surface area contributed by atoms with E-state index in [1.54, 1.807) is 16.9 Å². The average Bonchev–Trinajstić information content (AvgIpc) is 3.46. The van der Waals surface area contributed by atoms with Crippen molar-refractivity contribution in [1.29, 1.82) is 0 Å². The van der Waals surface area contributed by atoms with Crippen LogP contribution in [0.15, 0.2) is 94.1 Å². The monoisotopic (exact) mass is 534 g/mol. The molecule has 0 saturated carbocycles. The van der Waals surface area contributed by atoms with Crippen LogP contribution in [-0.4, -0.2) is 20.0 Å². The molecule has 0 radical (unpaired) electrons. The minimum atomic E-state index is -0.303. The van der Waals surface area contributed by atoms with E-state index in [1.165, 1.54) is 6.42 Å². The largest absolute Gasteiger partial charge is 0.408 e. The van der Waals surface area contributed by atoms with Crippen LogP contribution < -0.4 is 5.63 Å². The van der Waals surface area contributed by atoms with Crippen molar-refractivity contribution in [2.75, 3.05) is 0 Å². The predicted molar refractivity (Wildman–Crippen MR) is 169 cm³/mol. The predicted octanol–water partition coefficient (Wildman–Crippen LogP) is 9.38. The Morgan fingerprint density at radius 1 is 0.615 bits per heavy atom. The van der Waals surface area contributed by atoms with E-state index < -0.39 is 0 Å². The van der Waals surface area contributed by atoms with E-state index in [2.05, 4.69) is 29.0 Å². The van der Waals surface area contributed by atoms with E-state index in [4.69, 9.17) is 4.42 Å². The van der Waals surface area contributed by atoms with Gasteiger partial charge in [0.05, 0.1) is 17.4 Å². The molecule has 0 saturated heterocycles. The van der Waals surface area contributed by atoms with Gasteiger partial charge in [-0.05, 0) is 31.2 Å². The van der Waals surface area contributed by atoms with Gasteiger partial charge in [-0.2, -0.15) is 15.0 Å². The average molecular weight is 535 g/mol. The fourth-order valence-electron chi connectivity index (χ4n) is 2.64. The van der Waals surface area contributed by atoms with Crippen LogP contribution >= 0.6 is 0 Å². The van der Waals surface area contributed by atoms with E-state index in [-0.39, 0.29) is 5.63 Å². The van der Waals surface area contributed by atoms with Crippen molar-refractivity contribution in [2.45, 2.75) is 88.6 Å². The van der Waals surface area contributed by atoms with E-state index in [1.807, 2.05) is 128 Å². The molecule has 0 fully saturated rings. The first-order valence-electron chi connectivity index (χ1n) is 14.3. The third kappa shape index (κ3) is 15.3. The number of hydrogen-bond donors (Lipinski definition) is 0. The molecule has 5 aromatic rings. The van der Waals surface area contributed by atoms with Crippen LogP contribution in [-0.2, 0) is 13.0 Å². The molecule has 2 heterocycles. The fraction of sp³-hybridized carbons (Fsp3) is 0.394. The van der Waals surface area contributed by atoms with Gasteiger partial charge >= 0.3 is 5.63 Å². The molecule has 3 aromatic carbocycles. The van der Waals surface area contributed by atoms with Gasteiger partial charge in [0.2, 0.25) is 0 Å². The quantitative estimate of drug-likeness (QED) is 0.225. The SMILES string of the molecule is CC.CC.CC.CCC.CCc1nc2ccccc2c(=O)o1.CCn1nc2ccccc2n1.c1ccccc1. The Morgan fingerprint density at radius 2 is 1.00 bits per heavy atom. The molecular formula is C33H50N4O2. The second-order valence-electron chi connectivity index (χ2n) is 7.00. The van der Waals surface area contributed by atoms with Gasteiger partial charge in [-0.1, -0.05) is 129 Å². The van der Waals surface area contributed by atoms with Crippen molar-refractivity contribution >= 4 is 21.9 Å². The third-order valence-corrected chi connectivity index (χ3v) is 4.16. The fourth-order valence-corrected chi connectivity index (χ4v) is 2.64. The minimum absolute atomic E-state index is 0.303. The molecule has 0 aliphatic carbocycles. The van der Waals surface area contributed by atoms with E-state index in [0.717, 1.165) is 17.6 Å². The number of aryl methyl sites for hydroxylation is 2. The number of para-hydroxylation sites is 1. The summed E-state index contributed by atoms with van der Waals surface area (Å²) >= 11 is 0. The van der Waals surface area contributed by atoms with Gasteiger partial charge in [0.15, 0.2) is 5.89 Å². The first kappa shape index (κ1) is 37.4. The van der Waals surface area contributed by atoms with Gasteiger partial charge in [-0.25, -0.2) is 9.78 Å². The maximum atomic E-state index is 11.4. The minimum Gasteiger partial charge on any atom is -0.408 e. The Balaban J connectivity index is 0. The summed E-state index contributed by atoms with van der Waals surface area (Å²) in [4.78, 5) is 17.2. The van der Waals surface area contributed by atoms with Crippen LogP contribution in [0.3, 0.4) is 0 Å². The number of rotatable bonds is 2. The lowest BCUT2D eigenvalue weighted by molar-refractivity contribution is 0.450. The normalized spacial score (nSPS) is 8.67. The maximum absolute atomic E-state index is 11.4. The van der Waals surface area contributed by atoms with Gasteiger partial charge in [0, 0.05) is 6.42 Å². The second kappa shape index (κ2) is 25.8. The number of fused-ring (bicyclic) bond motifs is 2. The van der Waals surface area contributed by atoms with Gasteiger partial charge in [0.25, 0.3) is 0 Å². The molecule has 0 unspecified atom stereocenters. The van der Waals surface area contributed by atoms with Crippen molar-refractivity contribution < 1.29 is 4.42 Å². The summed E-state index contributed by atoms with van der Waals surface area (Å²) < 4.78 is 4.97. The summed E-state index contributed by atoms with van der Waals surface area (Å²) in [5.41, 5.74) is 2.33. The van der Waals surface area contributed by atoms with Crippen molar-refractivity contribution in [3.8, 4) is 0 Å². The summed E-state index contributed by atoms with van der Waals surface area (Å²) in [7, 11) is 0. The molecule has 2 aromatic heterocycles. The molecule has 0 aliphatic heterocycles. The summed E-state index contributed by atoms with van der Waals surface area (Å²) in [6, 6.07) is 27.1. The Bertz CT molecular complexity index is 1210. The summed E-state index contributed by atoms with van der Waals surface area (Å²) in [5.74, 6) is 0.490. The molecule has 6 heteroatoms. The zero-order chi connectivity index (χ0) is 29.9. The zero-order valence-corrected chi connectivity index (χ0v) is 25.8. The van der Waals surface area contributed by atoms with Crippen LogP contribution in [0, 0.1) is 0 Å². The standard InChI is InChI=1S/C10H9NO2.C8H9N3.C6H6.C3H8.3C2H6/c1-2-9-11-8-6-4-3-5-7(8)10(12)13-9;1-2-11-9-7-5-3-4-6-8(7)10-11;1-2-4-6-5-3-1;1-3-2;3*1-2/h3-6H,2H2,1H3;3-6H,2H2,1H3;1-6H;3H2,1-2H3;3*1-2H3. The summed E-state index contributed by atoms with van der Waals surface area (Å²) in [6.45, 7) is 21.0. The topological polar surface area (TPSA) is 73.8 Å². The zero-order valence-electron chi connectivity index (χ0n) is 25.8. The Kier molecular flexibility index (Phi) is 24.7. The lowest BCUT2D eigenvalue weighted by Gasteiger charge is -1.96. The summed E-state index contributed by atoms with van der Waals surface area (Å²) in [6.07, 6.45) is 1.89. The highest BCUT2D eigenvalue weighted by atomic mass is 16.4. The Hall–Kier alpha value is -3.80. The Morgan fingerprint density at radius 3 is 1.38 bits per heavy atom. The van der Waals surface area contributed by atoms with Gasteiger partial charge in [-0.15, -0.1) is 0 Å². The third-order valence-electron chi connectivity index (χ3n) is 4.16. The first-order valence-corrected chi connectivity index (χ1v) is 14.3. The van der Waals surface area contributed by atoms with E-state index in [9.17, 15) is 4.79 Å². The highest BCUT2D eigenvalue weighted by Crippen LogP contribution is 2.07. The highest BCUT2D eigenvalue weighted by Gasteiger charge is 2.02. The first-order chi connectivity index (χ1) is 19.1. The van der Waals surface area contributed by atoms with Crippen LogP contribution in [0.2, 0.25) is 0 Å². The molecule has 6 nitrogen and oxygen atoms in total. The molecule has 214 valence electrons. The van der Waals surface area contributed by atoms with Crippen molar-refractivity contribution in [1.82, 2.24) is 20.0 Å². The molecule has 0 amide bonds. The summed E-state index contributed by atoms with van der Waals surface area (Å²) in [5, 5.41) is 9.01. The molecule has 0 bridgehead atoms. The van der Waals surface area contributed by atoms with Gasteiger partial charge in [-0.3, -0.25) is 0 Å². The van der Waals surface area contributed by atoms with E-state index in [0.29, 0.717) is 23.2 Å². The maximum Gasteiger partial charge on any atom is 0.346 e. The van der Waals surface area contributed by atoms with Crippen molar-refractivity contribution in [3.05, 3.63) is 101 Å². The molecule has 5 rings (SSSR count). The second-order valence-corrected chi connectivity index (χ2v) is 7.00. The molecular weight excluding hydrogens is 484 g/mol. The lowest BCUT2D eigenvalue weighted by atomic mass is 10.2. The smallest absolute Gasteiger partial charge is 0.346 e. The molecule has 39 heavy (non-hydrogen) atoms. The van der Waals surface area contributed by atoms with Crippen LogP contribution in [0.1, 0.15) is 81.5 Å². The van der Waals surface area contributed by atoms with E-state index >= 15 is 0 Å². The van der Waals surface area contributed by atoms with Crippen LogP contribution in [0.4, 0.5) is 0 Å². The number of hydrogen-bond acceptors (Lipinski definition) is 5. The van der Waals surface area contributed by atoms with Gasteiger partial charge in [0.1, 0.15) is 11.0 Å². The number of benzene rings is 3. The van der Waals surface area contributed by atoms with Crippen LogP contribution in [0.5, 0.6) is 0 Å². The van der Waals surface area contributed by atoms with Crippen LogP contribution in [0.25, 0.3) is 21.9 Å². The Labute approximate surface area is 236 Å². The number of aromatic nitrogens is 4. The van der Waals surface area contributed by atoms with Gasteiger partial charge < -0.3 is 4.42 Å². The molecule has 0 aliphatic rings.